The van der Waals surface area contributed by atoms with E-state index in [-0.39, 0.29) is 11.0 Å². The van der Waals surface area contributed by atoms with E-state index < -0.39 is 0 Å². The number of carbonyl (C=O) groups excluding carboxylic acids is 1. The van der Waals surface area contributed by atoms with Crippen molar-refractivity contribution in [1.82, 2.24) is 0 Å². The summed E-state index contributed by atoms with van der Waals surface area (Å²) >= 11 is 1.26. The molecular weight excluding hydrogens is 236 g/mol. The van der Waals surface area contributed by atoms with Crippen LogP contribution in [0.2, 0.25) is 0 Å². The monoisotopic (exact) mass is 252 g/mol. The number of nitrogens with one attached hydrogen (secondary N) is 1. The second-order valence-corrected chi connectivity index (χ2v) is 4.60. The van der Waals surface area contributed by atoms with Gasteiger partial charge in [-0.25, -0.2) is 0 Å². The third-order valence-corrected chi connectivity index (χ3v) is 3.02. The number of thioether (sulfide) groups is 1. The van der Waals surface area contributed by atoms with Crippen LogP contribution >= 0.6 is 11.8 Å². The van der Waals surface area contributed by atoms with E-state index in [9.17, 15) is 4.79 Å². The van der Waals surface area contributed by atoms with Crippen molar-refractivity contribution < 1.29 is 9.53 Å². The van der Waals surface area contributed by atoms with Gasteiger partial charge in [-0.2, -0.15) is 0 Å². The second-order valence-electron chi connectivity index (χ2n) is 3.47. The van der Waals surface area contributed by atoms with Crippen molar-refractivity contribution in [2.75, 3.05) is 12.9 Å². The number of ketones is 1. The molecule has 0 saturated carbocycles. The Morgan fingerprint density at radius 2 is 2.06 bits per heavy atom. The van der Waals surface area contributed by atoms with Crippen molar-refractivity contribution in [2.24, 2.45) is 5.73 Å². The molecule has 5 heteroatoms. The predicted molar refractivity (Wildman–Crippen MR) is 70.9 cm³/mol. The fraction of sp³-hybridized carbons (Fsp3) is 0.333. The van der Waals surface area contributed by atoms with Crippen LogP contribution in [0.3, 0.4) is 0 Å². The van der Waals surface area contributed by atoms with Gasteiger partial charge in [0.15, 0.2) is 11.0 Å². The third kappa shape index (κ3) is 4.91. The summed E-state index contributed by atoms with van der Waals surface area (Å²) in [4.78, 5) is 11.8. The van der Waals surface area contributed by atoms with Gasteiger partial charge in [0.1, 0.15) is 5.75 Å². The molecule has 0 radical (unpaired) electrons. The summed E-state index contributed by atoms with van der Waals surface area (Å²) in [5.74, 6) is 1.56. The highest BCUT2D eigenvalue weighted by Gasteiger charge is 2.05. The molecule has 0 aliphatic rings. The first-order valence-corrected chi connectivity index (χ1v) is 6.26. The first kappa shape index (κ1) is 13.6. The molecule has 0 saturated heterocycles. The van der Waals surface area contributed by atoms with E-state index in [1.54, 1.807) is 31.4 Å². The third-order valence-electron chi connectivity index (χ3n) is 2.22. The van der Waals surface area contributed by atoms with Gasteiger partial charge in [-0.15, -0.1) is 0 Å². The molecule has 1 aromatic carbocycles. The number of nitrogens with two attached hydrogens (primary N) is 1. The number of hydrogen-bond donors (Lipinski definition) is 2. The van der Waals surface area contributed by atoms with Gasteiger partial charge in [0.2, 0.25) is 0 Å². The molecule has 0 bridgehead atoms. The van der Waals surface area contributed by atoms with E-state index in [4.69, 9.17) is 15.9 Å². The number of carbonyl (C=O) groups is 1. The topological polar surface area (TPSA) is 76.2 Å². The van der Waals surface area contributed by atoms with E-state index in [2.05, 4.69) is 0 Å². The Morgan fingerprint density at radius 3 is 2.59 bits per heavy atom. The maximum atomic E-state index is 11.8. The molecule has 0 heterocycles. The van der Waals surface area contributed by atoms with Gasteiger partial charge >= 0.3 is 0 Å². The first-order chi connectivity index (χ1) is 8.13. The molecule has 0 spiro atoms. The second kappa shape index (κ2) is 6.96. The fourth-order valence-electron chi connectivity index (χ4n) is 1.34. The molecule has 92 valence electrons. The zero-order valence-electron chi connectivity index (χ0n) is 9.73. The Labute approximate surface area is 105 Å². The summed E-state index contributed by atoms with van der Waals surface area (Å²) in [6.07, 6.45) is 1.21. The van der Waals surface area contributed by atoms with Crippen LogP contribution in [0.5, 0.6) is 5.75 Å². The highest BCUT2D eigenvalue weighted by Crippen LogP contribution is 2.14. The molecule has 0 amide bonds. The molecule has 0 unspecified atom stereocenters. The lowest BCUT2D eigenvalue weighted by molar-refractivity contribution is 0.0982. The number of Topliss-reactive ketones (excluding diaryl/α,β-unsaturated/α-hetero) is 1. The molecule has 0 aliphatic carbocycles. The summed E-state index contributed by atoms with van der Waals surface area (Å²) in [6, 6.07) is 7.08. The van der Waals surface area contributed by atoms with Gasteiger partial charge in [0.05, 0.1) is 7.11 Å². The number of amidine groups is 1. The van der Waals surface area contributed by atoms with E-state index >= 15 is 0 Å². The number of ether oxygens (including phenoxy) is 1. The average Bonchev–Trinajstić information content (AvgIpc) is 2.34. The first-order valence-electron chi connectivity index (χ1n) is 5.27. The zero-order valence-corrected chi connectivity index (χ0v) is 10.5. The SMILES string of the molecule is COc1ccc(C(=O)CCCSC(=N)N)cc1. The van der Waals surface area contributed by atoms with Gasteiger partial charge in [-0.1, -0.05) is 11.8 Å². The average molecular weight is 252 g/mol. The van der Waals surface area contributed by atoms with Crippen LogP contribution in [0.1, 0.15) is 23.2 Å². The zero-order chi connectivity index (χ0) is 12.7. The van der Waals surface area contributed by atoms with Crippen LogP contribution in [-0.2, 0) is 0 Å². The van der Waals surface area contributed by atoms with E-state index in [1.165, 1.54) is 11.8 Å². The number of hydrogen-bond acceptors (Lipinski definition) is 4. The van der Waals surface area contributed by atoms with Crippen LogP contribution in [0.25, 0.3) is 0 Å². The van der Waals surface area contributed by atoms with Crippen LogP contribution in [0, 0.1) is 5.41 Å². The van der Waals surface area contributed by atoms with Crippen molar-refractivity contribution in [3.05, 3.63) is 29.8 Å². The quantitative estimate of drug-likeness (QED) is 0.352. The highest BCUT2D eigenvalue weighted by molar-refractivity contribution is 8.13. The van der Waals surface area contributed by atoms with Crippen molar-refractivity contribution in [3.8, 4) is 5.75 Å². The summed E-state index contributed by atoms with van der Waals surface area (Å²) in [6.45, 7) is 0. The Bertz CT molecular complexity index is 390. The number of benzene rings is 1. The molecule has 0 aliphatic heterocycles. The Kier molecular flexibility index (Phi) is 5.56. The van der Waals surface area contributed by atoms with Crippen LogP contribution in [-0.4, -0.2) is 23.8 Å². The molecule has 0 atom stereocenters. The van der Waals surface area contributed by atoms with Gasteiger partial charge in [-0.3, -0.25) is 10.2 Å². The van der Waals surface area contributed by atoms with E-state index in [0.29, 0.717) is 17.7 Å². The normalized spacial score (nSPS) is 9.94. The highest BCUT2D eigenvalue weighted by atomic mass is 32.2. The molecule has 0 fully saturated rings. The Morgan fingerprint density at radius 1 is 1.41 bits per heavy atom. The fourth-order valence-corrected chi connectivity index (χ4v) is 1.84. The predicted octanol–water partition coefficient (Wildman–Crippen LogP) is 2.28. The largest absolute Gasteiger partial charge is 0.497 e. The van der Waals surface area contributed by atoms with Crippen LogP contribution in [0.15, 0.2) is 24.3 Å². The lowest BCUT2D eigenvalue weighted by atomic mass is 10.1. The van der Waals surface area contributed by atoms with E-state index in [0.717, 1.165) is 12.2 Å². The van der Waals surface area contributed by atoms with Crippen molar-refractivity contribution >= 4 is 22.7 Å². The Hall–Kier alpha value is -1.49. The van der Waals surface area contributed by atoms with Crippen molar-refractivity contribution in [1.29, 1.82) is 5.41 Å². The lowest BCUT2D eigenvalue weighted by Gasteiger charge is -2.03. The minimum absolute atomic E-state index is 0.0990. The number of rotatable bonds is 6. The van der Waals surface area contributed by atoms with Gasteiger partial charge < -0.3 is 10.5 Å². The van der Waals surface area contributed by atoms with Crippen LogP contribution in [0.4, 0.5) is 0 Å². The van der Waals surface area contributed by atoms with E-state index in [1.807, 2.05) is 0 Å². The van der Waals surface area contributed by atoms with Gasteiger partial charge in [0, 0.05) is 17.7 Å². The number of methoxy groups -OCH3 is 1. The van der Waals surface area contributed by atoms with Crippen molar-refractivity contribution in [3.63, 3.8) is 0 Å². The molecular formula is C12H16N2O2S. The standard InChI is InChI=1S/C12H16N2O2S/c1-16-10-6-4-9(5-7-10)11(15)3-2-8-17-12(13)14/h4-7H,2-3,8H2,1H3,(H3,13,14). The molecule has 1 aromatic rings. The van der Waals surface area contributed by atoms with Crippen LogP contribution < -0.4 is 10.5 Å². The van der Waals surface area contributed by atoms with Crippen molar-refractivity contribution in [2.45, 2.75) is 12.8 Å². The maximum Gasteiger partial charge on any atom is 0.162 e. The molecule has 1 rings (SSSR count). The molecule has 4 nitrogen and oxygen atoms in total. The summed E-state index contributed by atoms with van der Waals surface area (Å²) < 4.78 is 5.02. The summed E-state index contributed by atoms with van der Waals surface area (Å²) in [5.41, 5.74) is 5.89. The maximum absolute atomic E-state index is 11.8. The minimum Gasteiger partial charge on any atom is -0.497 e. The molecule has 17 heavy (non-hydrogen) atoms. The minimum atomic E-state index is 0.0990. The molecule has 0 aromatic heterocycles. The van der Waals surface area contributed by atoms with Gasteiger partial charge in [-0.05, 0) is 30.7 Å². The Balaban J connectivity index is 2.38. The smallest absolute Gasteiger partial charge is 0.162 e. The summed E-state index contributed by atoms with van der Waals surface area (Å²) in [5, 5.41) is 7.13. The van der Waals surface area contributed by atoms with Gasteiger partial charge in [0.25, 0.3) is 0 Å². The summed E-state index contributed by atoms with van der Waals surface area (Å²) in [7, 11) is 1.59. The lowest BCUT2D eigenvalue weighted by Crippen LogP contribution is -2.05. The molecule has 3 N–H and O–H groups in total.